The quantitative estimate of drug-likeness (QED) is 0.728. The molecule has 1 saturated carbocycles. The maximum atomic E-state index is 12.6. The minimum Gasteiger partial charge on any atom is -0.441 e. The van der Waals surface area contributed by atoms with Crippen molar-refractivity contribution in [2.24, 2.45) is 0 Å². The molecule has 0 N–H and O–H groups in total. The van der Waals surface area contributed by atoms with Gasteiger partial charge in [-0.15, -0.1) is 0 Å². The van der Waals surface area contributed by atoms with Gasteiger partial charge in [-0.3, -0.25) is 9.78 Å². The first-order chi connectivity index (χ1) is 13.0. The van der Waals surface area contributed by atoms with E-state index in [0.29, 0.717) is 19.5 Å². The zero-order valence-corrected chi connectivity index (χ0v) is 17.1. The third-order valence-corrected chi connectivity index (χ3v) is 6.57. The zero-order chi connectivity index (χ0) is 18.9. The molecule has 2 amide bonds. The molecule has 2 aliphatic heterocycles. The van der Waals surface area contributed by atoms with Crippen molar-refractivity contribution < 1.29 is 14.3 Å². The Morgan fingerprint density at radius 2 is 1.96 bits per heavy atom. The average molecular weight is 436 g/mol. The lowest BCUT2D eigenvalue weighted by Gasteiger charge is -2.36. The van der Waals surface area contributed by atoms with E-state index in [2.05, 4.69) is 20.9 Å². The molecule has 0 atom stereocenters. The Labute approximate surface area is 168 Å². The number of rotatable bonds is 3. The molecular formula is C20H26BrN3O3. The van der Waals surface area contributed by atoms with Crippen molar-refractivity contribution in [2.75, 3.05) is 19.6 Å². The number of likely N-dealkylation sites (tertiary alicyclic amines) is 1. The van der Waals surface area contributed by atoms with Gasteiger partial charge in [0.15, 0.2) is 0 Å². The van der Waals surface area contributed by atoms with Crippen molar-refractivity contribution in [1.82, 2.24) is 14.8 Å². The number of carbonyl (C=O) groups excluding carboxylic acids is 2. The fraction of sp³-hybridized carbons (Fsp3) is 0.650. The van der Waals surface area contributed by atoms with E-state index in [0.717, 1.165) is 55.1 Å². The average Bonchev–Trinajstić information content (AvgIpc) is 2.98. The number of amides is 2. The summed E-state index contributed by atoms with van der Waals surface area (Å²) < 4.78 is 6.70. The lowest BCUT2D eigenvalue weighted by atomic mass is 9.84. The third kappa shape index (κ3) is 4.13. The van der Waals surface area contributed by atoms with Crippen LogP contribution < -0.4 is 0 Å². The number of ether oxygens (including phenoxy) is 1. The second-order valence-corrected chi connectivity index (χ2v) is 8.96. The highest BCUT2D eigenvalue weighted by atomic mass is 79.9. The Kier molecular flexibility index (Phi) is 5.39. The smallest absolute Gasteiger partial charge is 0.410 e. The van der Waals surface area contributed by atoms with Gasteiger partial charge < -0.3 is 14.5 Å². The second kappa shape index (κ2) is 7.78. The Morgan fingerprint density at radius 1 is 1.22 bits per heavy atom. The topological polar surface area (TPSA) is 62.7 Å². The van der Waals surface area contributed by atoms with E-state index in [1.54, 1.807) is 12.4 Å². The van der Waals surface area contributed by atoms with Crippen LogP contribution in [0.15, 0.2) is 22.9 Å². The molecule has 3 heterocycles. The fourth-order valence-corrected chi connectivity index (χ4v) is 5.06. The number of pyridine rings is 1. The van der Waals surface area contributed by atoms with Crippen molar-refractivity contribution in [3.05, 3.63) is 28.5 Å². The summed E-state index contributed by atoms with van der Waals surface area (Å²) in [6, 6.07) is 2.12. The molecule has 0 radical (unpaired) electrons. The van der Waals surface area contributed by atoms with Crippen molar-refractivity contribution in [3.63, 3.8) is 0 Å². The summed E-state index contributed by atoms with van der Waals surface area (Å²) in [5.41, 5.74) is 0.676. The van der Waals surface area contributed by atoms with Crippen LogP contribution in [0.1, 0.15) is 50.5 Å². The summed E-state index contributed by atoms with van der Waals surface area (Å²) in [5, 5.41) is 0. The molecule has 3 aliphatic rings. The Balaban J connectivity index is 1.31. The van der Waals surface area contributed by atoms with E-state index in [1.807, 2.05) is 15.9 Å². The van der Waals surface area contributed by atoms with Crippen molar-refractivity contribution in [2.45, 2.75) is 63.0 Å². The maximum Gasteiger partial charge on any atom is 0.410 e. The lowest BCUT2D eigenvalue weighted by Crippen LogP contribution is -2.48. The Bertz CT molecular complexity index is 712. The van der Waals surface area contributed by atoms with Crippen molar-refractivity contribution >= 4 is 27.9 Å². The molecule has 27 heavy (non-hydrogen) atoms. The molecule has 3 fully saturated rings. The van der Waals surface area contributed by atoms with Crippen molar-refractivity contribution in [1.29, 1.82) is 0 Å². The Hall–Kier alpha value is -1.63. The lowest BCUT2D eigenvalue weighted by molar-refractivity contribution is -0.131. The Morgan fingerprint density at radius 3 is 2.67 bits per heavy atom. The summed E-state index contributed by atoms with van der Waals surface area (Å²) in [6.45, 7) is 2.12. The van der Waals surface area contributed by atoms with E-state index >= 15 is 0 Å². The largest absolute Gasteiger partial charge is 0.441 e. The van der Waals surface area contributed by atoms with Gasteiger partial charge in [-0.05, 0) is 66.1 Å². The second-order valence-electron chi connectivity index (χ2n) is 8.04. The van der Waals surface area contributed by atoms with Crippen LogP contribution in [-0.4, -0.2) is 58.1 Å². The highest BCUT2D eigenvalue weighted by molar-refractivity contribution is 9.10. The highest BCUT2D eigenvalue weighted by Crippen LogP contribution is 2.38. The molecule has 146 valence electrons. The summed E-state index contributed by atoms with van der Waals surface area (Å²) >= 11 is 3.39. The van der Waals surface area contributed by atoms with Gasteiger partial charge >= 0.3 is 6.09 Å². The maximum absolute atomic E-state index is 12.6. The van der Waals surface area contributed by atoms with Gasteiger partial charge in [-0.25, -0.2) is 4.79 Å². The van der Waals surface area contributed by atoms with E-state index < -0.39 is 0 Å². The van der Waals surface area contributed by atoms with Crippen LogP contribution in [0.4, 0.5) is 4.79 Å². The first-order valence-corrected chi connectivity index (χ1v) is 10.7. The minimum atomic E-state index is -0.240. The molecule has 1 aromatic rings. The summed E-state index contributed by atoms with van der Waals surface area (Å²) in [7, 11) is 0. The van der Waals surface area contributed by atoms with Crippen LogP contribution in [0.2, 0.25) is 0 Å². The van der Waals surface area contributed by atoms with Gasteiger partial charge in [0.1, 0.15) is 5.60 Å². The first-order valence-electron chi connectivity index (χ1n) is 9.91. The van der Waals surface area contributed by atoms with E-state index in [1.165, 1.54) is 6.42 Å². The molecule has 0 aromatic carbocycles. The number of piperidine rings is 1. The van der Waals surface area contributed by atoms with Crippen LogP contribution in [0.3, 0.4) is 0 Å². The van der Waals surface area contributed by atoms with Gasteiger partial charge in [-0.2, -0.15) is 0 Å². The van der Waals surface area contributed by atoms with Crippen LogP contribution in [-0.2, 0) is 16.0 Å². The molecule has 7 heteroatoms. The first kappa shape index (κ1) is 18.7. The monoisotopic (exact) mass is 435 g/mol. The number of hydrogen-bond donors (Lipinski definition) is 0. The minimum absolute atomic E-state index is 0.126. The normalized spacial score (nSPS) is 22.9. The predicted octanol–water partition coefficient (Wildman–Crippen LogP) is 3.53. The van der Waals surface area contributed by atoms with Crippen LogP contribution >= 0.6 is 15.9 Å². The molecule has 2 saturated heterocycles. The number of hydrogen-bond acceptors (Lipinski definition) is 4. The van der Waals surface area contributed by atoms with Crippen LogP contribution in [0.25, 0.3) is 0 Å². The molecule has 0 unspecified atom stereocenters. The van der Waals surface area contributed by atoms with Gasteiger partial charge in [0.05, 0.1) is 13.0 Å². The van der Waals surface area contributed by atoms with Crippen LogP contribution in [0, 0.1) is 0 Å². The van der Waals surface area contributed by atoms with Gasteiger partial charge in [-0.1, -0.05) is 6.42 Å². The molecule has 4 rings (SSSR count). The number of halogens is 1. The van der Waals surface area contributed by atoms with E-state index in [-0.39, 0.29) is 23.6 Å². The number of carbonyl (C=O) groups is 2. The predicted molar refractivity (Wildman–Crippen MR) is 104 cm³/mol. The summed E-state index contributed by atoms with van der Waals surface area (Å²) in [4.78, 5) is 33.0. The molecule has 0 bridgehead atoms. The van der Waals surface area contributed by atoms with Gasteiger partial charge in [0.25, 0.3) is 0 Å². The van der Waals surface area contributed by atoms with E-state index in [4.69, 9.17) is 4.74 Å². The number of nitrogens with zero attached hydrogens (tertiary/aromatic N) is 3. The van der Waals surface area contributed by atoms with Crippen molar-refractivity contribution in [3.8, 4) is 0 Å². The summed E-state index contributed by atoms with van der Waals surface area (Å²) in [6.07, 6.45) is 10.9. The highest BCUT2D eigenvalue weighted by Gasteiger charge is 2.48. The molecule has 1 spiro atoms. The molecule has 6 nitrogen and oxygen atoms in total. The third-order valence-electron chi connectivity index (χ3n) is 6.14. The molecule has 1 aliphatic carbocycles. The molecular weight excluding hydrogens is 410 g/mol. The van der Waals surface area contributed by atoms with Crippen LogP contribution in [0.5, 0.6) is 0 Å². The van der Waals surface area contributed by atoms with E-state index in [9.17, 15) is 9.59 Å². The SMILES string of the molecule is O=C(Cc1cncc(Br)c1)N1CCC(N2CC3(CCCCC3)OC2=O)CC1. The fourth-order valence-electron chi connectivity index (χ4n) is 4.65. The van der Waals surface area contributed by atoms with Gasteiger partial charge in [0.2, 0.25) is 5.91 Å². The number of aromatic nitrogens is 1. The summed E-state index contributed by atoms with van der Waals surface area (Å²) in [5.74, 6) is 0.126. The molecule has 1 aromatic heterocycles. The standard InChI is InChI=1S/C20H26BrN3O3/c21-16-10-15(12-22-13-16)11-18(25)23-8-4-17(5-9-23)24-14-20(27-19(24)26)6-2-1-3-7-20/h10,12-13,17H,1-9,11,14H2. The zero-order valence-electron chi connectivity index (χ0n) is 15.5. The van der Waals surface area contributed by atoms with Gasteiger partial charge in [0, 0.05) is 36.0 Å².